The normalized spacial score (nSPS) is 16.9. The molecule has 0 radical (unpaired) electrons. The molecule has 21 heavy (non-hydrogen) atoms. The van der Waals surface area contributed by atoms with Crippen molar-refractivity contribution >= 4 is 11.0 Å². The van der Waals surface area contributed by atoms with E-state index in [-0.39, 0.29) is 6.10 Å². The molecule has 0 N–H and O–H groups in total. The molecule has 1 aromatic heterocycles. The van der Waals surface area contributed by atoms with E-state index in [4.69, 9.17) is 9.47 Å². The third-order valence-corrected chi connectivity index (χ3v) is 3.44. The van der Waals surface area contributed by atoms with Crippen molar-refractivity contribution in [3.63, 3.8) is 0 Å². The summed E-state index contributed by atoms with van der Waals surface area (Å²) in [5, 5.41) is 0. The van der Waals surface area contributed by atoms with Crippen LogP contribution >= 0.6 is 0 Å². The topological polar surface area (TPSA) is 47.5 Å². The molecule has 2 aromatic carbocycles. The number of epoxide rings is 1. The Morgan fingerprint density at radius 3 is 2.57 bits per heavy atom. The molecule has 0 bridgehead atoms. The molecule has 0 spiro atoms. The quantitative estimate of drug-likeness (QED) is 0.688. The first kappa shape index (κ1) is 12.3. The number of rotatable bonds is 4. The Morgan fingerprint density at radius 1 is 1.05 bits per heavy atom. The maximum atomic E-state index is 5.63. The second-order valence-corrected chi connectivity index (χ2v) is 5.03. The Balaban J connectivity index is 1.58. The van der Waals surface area contributed by atoms with Crippen LogP contribution in [-0.4, -0.2) is 29.3 Å². The van der Waals surface area contributed by atoms with Crippen LogP contribution in [0.2, 0.25) is 0 Å². The van der Waals surface area contributed by atoms with Gasteiger partial charge in [-0.05, 0) is 36.4 Å². The van der Waals surface area contributed by atoms with Crippen molar-refractivity contribution in [3.8, 4) is 17.0 Å². The predicted octanol–water partition coefficient (Wildman–Crippen LogP) is 3.07. The Labute approximate surface area is 122 Å². The fourth-order valence-corrected chi connectivity index (χ4v) is 2.17. The monoisotopic (exact) mass is 278 g/mol. The zero-order chi connectivity index (χ0) is 14.1. The molecule has 104 valence electrons. The van der Waals surface area contributed by atoms with E-state index in [0.717, 1.165) is 34.6 Å². The fraction of sp³-hybridized carbons (Fsp3) is 0.176. The number of aromatic nitrogens is 2. The molecular formula is C17H14N2O2. The smallest absolute Gasteiger partial charge is 0.119 e. The number of benzene rings is 2. The van der Waals surface area contributed by atoms with Gasteiger partial charge in [0.1, 0.15) is 18.5 Å². The highest BCUT2D eigenvalue weighted by molar-refractivity contribution is 5.76. The Kier molecular flexibility index (Phi) is 3.01. The molecule has 1 atom stereocenters. The van der Waals surface area contributed by atoms with E-state index < -0.39 is 0 Å². The fourth-order valence-electron chi connectivity index (χ4n) is 2.17. The van der Waals surface area contributed by atoms with E-state index >= 15 is 0 Å². The number of fused-ring (bicyclic) bond motifs is 1. The molecule has 0 saturated carbocycles. The lowest BCUT2D eigenvalue weighted by Gasteiger charge is -2.06. The van der Waals surface area contributed by atoms with Crippen LogP contribution in [0.5, 0.6) is 5.75 Å². The largest absolute Gasteiger partial charge is 0.491 e. The lowest BCUT2D eigenvalue weighted by Crippen LogP contribution is -2.03. The lowest BCUT2D eigenvalue weighted by atomic mass is 10.1. The first-order valence-electron chi connectivity index (χ1n) is 6.95. The van der Waals surface area contributed by atoms with Crippen molar-refractivity contribution in [2.45, 2.75) is 6.10 Å². The molecule has 4 rings (SSSR count). The Hall–Kier alpha value is -2.46. The van der Waals surface area contributed by atoms with E-state index in [1.807, 2.05) is 48.5 Å². The molecule has 4 heteroatoms. The van der Waals surface area contributed by atoms with Crippen LogP contribution in [0.3, 0.4) is 0 Å². The van der Waals surface area contributed by atoms with Gasteiger partial charge in [0.25, 0.3) is 0 Å². The van der Waals surface area contributed by atoms with Crippen LogP contribution in [0.25, 0.3) is 22.3 Å². The van der Waals surface area contributed by atoms with Crippen LogP contribution in [0.15, 0.2) is 54.7 Å². The van der Waals surface area contributed by atoms with Gasteiger partial charge in [-0.1, -0.05) is 12.1 Å². The van der Waals surface area contributed by atoms with Crippen molar-refractivity contribution in [3.05, 3.63) is 54.7 Å². The number of para-hydroxylation sites is 2. The van der Waals surface area contributed by atoms with Crippen molar-refractivity contribution in [2.24, 2.45) is 0 Å². The minimum absolute atomic E-state index is 0.274. The molecule has 3 aromatic rings. The van der Waals surface area contributed by atoms with Gasteiger partial charge in [-0.3, -0.25) is 4.98 Å². The molecular weight excluding hydrogens is 264 g/mol. The molecule has 1 aliphatic rings. The third kappa shape index (κ3) is 2.71. The zero-order valence-electron chi connectivity index (χ0n) is 11.4. The first-order chi connectivity index (χ1) is 10.4. The van der Waals surface area contributed by atoms with Gasteiger partial charge >= 0.3 is 0 Å². The van der Waals surface area contributed by atoms with Crippen LogP contribution in [0.1, 0.15) is 0 Å². The van der Waals surface area contributed by atoms with E-state index in [0.29, 0.717) is 6.61 Å². The van der Waals surface area contributed by atoms with Gasteiger partial charge < -0.3 is 9.47 Å². The highest BCUT2D eigenvalue weighted by atomic mass is 16.6. The van der Waals surface area contributed by atoms with Gasteiger partial charge in [0.2, 0.25) is 0 Å². The minimum Gasteiger partial charge on any atom is -0.491 e. The van der Waals surface area contributed by atoms with Crippen molar-refractivity contribution in [2.75, 3.05) is 13.2 Å². The second-order valence-electron chi connectivity index (χ2n) is 5.03. The highest BCUT2D eigenvalue weighted by Gasteiger charge is 2.22. The number of ether oxygens (including phenoxy) is 2. The van der Waals surface area contributed by atoms with E-state index in [1.165, 1.54) is 0 Å². The summed E-state index contributed by atoms with van der Waals surface area (Å²) in [6.07, 6.45) is 2.08. The lowest BCUT2D eigenvalue weighted by molar-refractivity contribution is 0.263. The SMILES string of the molecule is c1ccc2nc(-c3ccc(OCC4CO4)cc3)cnc2c1. The maximum Gasteiger partial charge on any atom is 0.119 e. The van der Waals surface area contributed by atoms with Crippen LogP contribution in [-0.2, 0) is 4.74 Å². The first-order valence-corrected chi connectivity index (χ1v) is 6.95. The van der Waals surface area contributed by atoms with Crippen molar-refractivity contribution in [1.29, 1.82) is 0 Å². The van der Waals surface area contributed by atoms with E-state index in [2.05, 4.69) is 9.97 Å². The van der Waals surface area contributed by atoms with Crippen LogP contribution in [0.4, 0.5) is 0 Å². The van der Waals surface area contributed by atoms with Crippen molar-refractivity contribution in [1.82, 2.24) is 9.97 Å². The van der Waals surface area contributed by atoms with Gasteiger partial charge in [-0.15, -0.1) is 0 Å². The van der Waals surface area contributed by atoms with Gasteiger partial charge in [-0.25, -0.2) is 4.98 Å². The van der Waals surface area contributed by atoms with Crippen molar-refractivity contribution < 1.29 is 9.47 Å². The third-order valence-electron chi connectivity index (χ3n) is 3.44. The van der Waals surface area contributed by atoms with Gasteiger partial charge in [-0.2, -0.15) is 0 Å². The average molecular weight is 278 g/mol. The molecule has 1 fully saturated rings. The highest BCUT2D eigenvalue weighted by Crippen LogP contribution is 2.22. The summed E-state index contributed by atoms with van der Waals surface area (Å²) < 4.78 is 10.8. The van der Waals surface area contributed by atoms with E-state index in [9.17, 15) is 0 Å². The molecule has 1 aliphatic heterocycles. The summed E-state index contributed by atoms with van der Waals surface area (Å²) >= 11 is 0. The summed E-state index contributed by atoms with van der Waals surface area (Å²) in [6.45, 7) is 1.43. The number of hydrogen-bond donors (Lipinski definition) is 0. The summed E-state index contributed by atoms with van der Waals surface area (Å²) in [4.78, 5) is 9.07. The van der Waals surface area contributed by atoms with Gasteiger partial charge in [0.15, 0.2) is 0 Å². The molecule has 2 heterocycles. The number of nitrogens with zero attached hydrogens (tertiary/aromatic N) is 2. The molecule has 0 amide bonds. The van der Waals surface area contributed by atoms with Gasteiger partial charge in [0.05, 0.1) is 29.5 Å². The standard InChI is InChI=1S/C17H14N2O2/c1-2-4-16-15(3-1)18-9-17(19-16)12-5-7-13(8-6-12)20-10-14-11-21-14/h1-9,14H,10-11H2. The summed E-state index contributed by atoms with van der Waals surface area (Å²) in [6, 6.07) is 15.8. The predicted molar refractivity (Wildman–Crippen MR) is 80.2 cm³/mol. The Morgan fingerprint density at radius 2 is 1.81 bits per heavy atom. The molecule has 4 nitrogen and oxygen atoms in total. The summed E-state index contributed by atoms with van der Waals surface area (Å²) in [5.74, 6) is 0.850. The second kappa shape index (κ2) is 5.14. The Bertz CT molecular complexity index is 767. The zero-order valence-corrected chi connectivity index (χ0v) is 11.4. The molecule has 1 unspecified atom stereocenters. The van der Waals surface area contributed by atoms with Crippen LogP contribution < -0.4 is 4.74 Å². The van der Waals surface area contributed by atoms with Gasteiger partial charge in [0, 0.05) is 5.56 Å². The summed E-state index contributed by atoms with van der Waals surface area (Å²) in [7, 11) is 0. The average Bonchev–Trinajstić information content (AvgIpc) is 3.37. The summed E-state index contributed by atoms with van der Waals surface area (Å²) in [5.41, 5.74) is 3.71. The molecule has 0 aliphatic carbocycles. The van der Waals surface area contributed by atoms with Crippen LogP contribution in [0, 0.1) is 0 Å². The number of hydrogen-bond acceptors (Lipinski definition) is 4. The van der Waals surface area contributed by atoms with E-state index in [1.54, 1.807) is 6.20 Å². The maximum absolute atomic E-state index is 5.63. The molecule has 1 saturated heterocycles. The minimum atomic E-state index is 0.274.